The summed E-state index contributed by atoms with van der Waals surface area (Å²) in [6.45, 7) is 3.68. The Bertz CT molecular complexity index is 526. The number of rotatable bonds is 5. The summed E-state index contributed by atoms with van der Waals surface area (Å²) < 4.78 is 23.0. The summed E-state index contributed by atoms with van der Waals surface area (Å²) in [4.78, 5) is 15.4. The normalized spacial score (nSPS) is 11.3. The largest absolute Gasteiger partial charge is 0.360 e. The minimum Gasteiger partial charge on any atom is -0.360 e. The highest BCUT2D eigenvalue weighted by Gasteiger charge is 2.14. The number of nitrogens with one attached hydrogen (secondary N) is 2. The van der Waals surface area contributed by atoms with Gasteiger partial charge in [0.15, 0.2) is 9.84 Å². The van der Waals surface area contributed by atoms with Gasteiger partial charge in [-0.2, -0.15) is 0 Å². The van der Waals surface area contributed by atoms with E-state index in [2.05, 4.69) is 15.6 Å². The van der Waals surface area contributed by atoms with E-state index in [-0.39, 0.29) is 29.2 Å². The standard InChI is InChI=1S/C11H17N3O3S/c1-8(2)14-10(15)7-13-11-9(18(3,16)17)5-4-6-12-11/h4-6,8H,7H2,1-3H3,(H,12,13)(H,14,15). The van der Waals surface area contributed by atoms with Crippen molar-refractivity contribution in [2.45, 2.75) is 24.8 Å². The van der Waals surface area contributed by atoms with Gasteiger partial charge in [0.05, 0.1) is 6.54 Å². The van der Waals surface area contributed by atoms with E-state index in [1.54, 1.807) is 0 Å². The summed E-state index contributed by atoms with van der Waals surface area (Å²) in [6.07, 6.45) is 2.57. The molecule has 2 N–H and O–H groups in total. The van der Waals surface area contributed by atoms with Gasteiger partial charge >= 0.3 is 0 Å². The van der Waals surface area contributed by atoms with Crippen molar-refractivity contribution < 1.29 is 13.2 Å². The van der Waals surface area contributed by atoms with Gasteiger partial charge in [-0.05, 0) is 26.0 Å². The fourth-order valence-electron chi connectivity index (χ4n) is 1.36. The van der Waals surface area contributed by atoms with E-state index in [9.17, 15) is 13.2 Å². The molecule has 1 amide bonds. The highest BCUT2D eigenvalue weighted by atomic mass is 32.2. The molecule has 100 valence electrons. The van der Waals surface area contributed by atoms with Gasteiger partial charge in [0.2, 0.25) is 5.91 Å². The highest BCUT2D eigenvalue weighted by molar-refractivity contribution is 7.90. The summed E-state index contributed by atoms with van der Waals surface area (Å²) in [5.74, 6) is -0.0194. The molecule has 0 spiro atoms. The molecular formula is C11H17N3O3S. The monoisotopic (exact) mass is 271 g/mol. The van der Waals surface area contributed by atoms with Crippen LogP contribution in [0.15, 0.2) is 23.2 Å². The molecule has 0 unspecified atom stereocenters. The molecule has 0 aliphatic heterocycles. The lowest BCUT2D eigenvalue weighted by atomic mass is 10.4. The van der Waals surface area contributed by atoms with E-state index in [4.69, 9.17) is 0 Å². The Kier molecular flexibility index (Phi) is 4.66. The first-order chi connectivity index (χ1) is 8.30. The number of hydrogen-bond donors (Lipinski definition) is 2. The maximum Gasteiger partial charge on any atom is 0.239 e. The Labute approximate surface area is 107 Å². The molecule has 6 nitrogen and oxygen atoms in total. The lowest BCUT2D eigenvalue weighted by Crippen LogP contribution is -2.35. The van der Waals surface area contributed by atoms with Gasteiger partial charge < -0.3 is 10.6 Å². The van der Waals surface area contributed by atoms with Crippen molar-refractivity contribution in [2.24, 2.45) is 0 Å². The van der Waals surface area contributed by atoms with Crippen molar-refractivity contribution >= 4 is 21.6 Å². The summed E-state index contributed by atoms with van der Waals surface area (Å²) in [7, 11) is -3.36. The van der Waals surface area contributed by atoms with Crippen LogP contribution < -0.4 is 10.6 Å². The minimum absolute atomic E-state index is 0.0162. The number of sulfone groups is 1. The molecule has 1 heterocycles. The van der Waals surface area contributed by atoms with E-state index in [1.165, 1.54) is 18.3 Å². The van der Waals surface area contributed by atoms with Crippen LogP contribution in [0.3, 0.4) is 0 Å². The van der Waals surface area contributed by atoms with Crippen LogP contribution in [-0.4, -0.2) is 38.2 Å². The zero-order chi connectivity index (χ0) is 13.8. The minimum atomic E-state index is -3.36. The van der Waals surface area contributed by atoms with Crippen molar-refractivity contribution in [1.82, 2.24) is 10.3 Å². The first-order valence-corrected chi connectivity index (χ1v) is 7.38. The van der Waals surface area contributed by atoms with Crippen molar-refractivity contribution in [3.8, 4) is 0 Å². The third-order valence-electron chi connectivity index (χ3n) is 2.04. The second-order valence-corrected chi connectivity index (χ2v) is 6.18. The maximum atomic E-state index is 11.5. The first kappa shape index (κ1) is 14.4. The zero-order valence-corrected chi connectivity index (χ0v) is 11.4. The number of carbonyl (C=O) groups excluding carboxylic acids is 1. The van der Waals surface area contributed by atoms with Crippen LogP contribution in [0.5, 0.6) is 0 Å². The Morgan fingerprint density at radius 3 is 2.67 bits per heavy atom. The fourth-order valence-corrected chi connectivity index (χ4v) is 2.16. The lowest BCUT2D eigenvalue weighted by Gasteiger charge is -2.11. The number of anilines is 1. The number of amides is 1. The van der Waals surface area contributed by atoms with Crippen molar-refractivity contribution in [3.63, 3.8) is 0 Å². The summed E-state index contributed by atoms with van der Waals surface area (Å²) in [6, 6.07) is 3.03. The molecule has 0 atom stereocenters. The van der Waals surface area contributed by atoms with Crippen molar-refractivity contribution in [1.29, 1.82) is 0 Å². The molecule has 0 saturated heterocycles. The van der Waals surface area contributed by atoms with Crippen molar-refractivity contribution in [2.75, 3.05) is 18.1 Å². The maximum absolute atomic E-state index is 11.5. The summed E-state index contributed by atoms with van der Waals surface area (Å²) in [5, 5.41) is 5.42. The van der Waals surface area contributed by atoms with Gasteiger partial charge in [-0.15, -0.1) is 0 Å². The van der Waals surface area contributed by atoms with E-state index >= 15 is 0 Å². The van der Waals surface area contributed by atoms with Crippen LogP contribution >= 0.6 is 0 Å². The van der Waals surface area contributed by atoms with Crippen LogP contribution in [0, 0.1) is 0 Å². The third-order valence-corrected chi connectivity index (χ3v) is 3.16. The Morgan fingerprint density at radius 2 is 2.11 bits per heavy atom. The van der Waals surface area contributed by atoms with E-state index in [0.717, 1.165) is 6.26 Å². The molecule has 0 saturated carbocycles. The third kappa shape index (κ3) is 4.33. The number of nitrogens with zero attached hydrogens (tertiary/aromatic N) is 1. The van der Waals surface area contributed by atoms with Gasteiger partial charge in [-0.1, -0.05) is 0 Å². The van der Waals surface area contributed by atoms with Crippen LogP contribution in [0.1, 0.15) is 13.8 Å². The second kappa shape index (κ2) is 5.81. The molecule has 1 aromatic heterocycles. The van der Waals surface area contributed by atoms with E-state index < -0.39 is 9.84 Å². The Hall–Kier alpha value is -1.63. The van der Waals surface area contributed by atoms with Gasteiger partial charge in [-0.3, -0.25) is 4.79 Å². The van der Waals surface area contributed by atoms with Gasteiger partial charge in [0.1, 0.15) is 10.7 Å². The Balaban J connectivity index is 2.77. The number of hydrogen-bond acceptors (Lipinski definition) is 5. The molecule has 0 aromatic carbocycles. The first-order valence-electron chi connectivity index (χ1n) is 5.49. The summed E-state index contributed by atoms with van der Waals surface area (Å²) >= 11 is 0. The molecule has 0 aliphatic rings. The summed E-state index contributed by atoms with van der Waals surface area (Å²) in [5.41, 5.74) is 0. The fraction of sp³-hybridized carbons (Fsp3) is 0.455. The zero-order valence-electron chi connectivity index (χ0n) is 10.6. The second-order valence-electron chi connectivity index (χ2n) is 4.20. The Morgan fingerprint density at radius 1 is 1.44 bits per heavy atom. The number of pyridine rings is 1. The van der Waals surface area contributed by atoms with Crippen molar-refractivity contribution in [3.05, 3.63) is 18.3 Å². The smallest absolute Gasteiger partial charge is 0.239 e. The number of aromatic nitrogens is 1. The van der Waals surface area contributed by atoms with Gasteiger partial charge in [0, 0.05) is 18.5 Å². The molecule has 18 heavy (non-hydrogen) atoms. The van der Waals surface area contributed by atoms with E-state index in [0.29, 0.717) is 0 Å². The number of carbonyl (C=O) groups is 1. The molecule has 0 radical (unpaired) electrons. The van der Waals surface area contributed by atoms with Gasteiger partial charge in [-0.25, -0.2) is 13.4 Å². The average molecular weight is 271 g/mol. The quantitative estimate of drug-likeness (QED) is 0.810. The predicted octanol–water partition coefficient (Wildman–Crippen LogP) is 0.422. The molecule has 1 rings (SSSR count). The van der Waals surface area contributed by atoms with Crippen LogP contribution in [-0.2, 0) is 14.6 Å². The molecular weight excluding hydrogens is 254 g/mol. The molecule has 1 aromatic rings. The van der Waals surface area contributed by atoms with Gasteiger partial charge in [0.25, 0.3) is 0 Å². The SMILES string of the molecule is CC(C)NC(=O)CNc1ncccc1S(C)(=O)=O. The highest BCUT2D eigenvalue weighted by Crippen LogP contribution is 2.17. The lowest BCUT2D eigenvalue weighted by molar-refractivity contribution is -0.119. The molecule has 0 fully saturated rings. The molecule has 0 bridgehead atoms. The predicted molar refractivity (Wildman–Crippen MR) is 69.1 cm³/mol. The molecule has 0 aliphatic carbocycles. The van der Waals surface area contributed by atoms with E-state index in [1.807, 2.05) is 13.8 Å². The van der Waals surface area contributed by atoms with Crippen LogP contribution in [0.4, 0.5) is 5.82 Å². The molecule has 7 heteroatoms. The average Bonchev–Trinajstić information content (AvgIpc) is 2.24. The topological polar surface area (TPSA) is 88.2 Å². The van der Waals surface area contributed by atoms with Crippen LogP contribution in [0.2, 0.25) is 0 Å². The van der Waals surface area contributed by atoms with Crippen LogP contribution in [0.25, 0.3) is 0 Å².